The average molecular weight is 473 g/mol. The summed E-state index contributed by atoms with van der Waals surface area (Å²) in [6, 6.07) is 11.8. The van der Waals surface area contributed by atoms with Gasteiger partial charge in [-0.15, -0.1) is 0 Å². The van der Waals surface area contributed by atoms with Crippen molar-refractivity contribution in [3.05, 3.63) is 62.2 Å². The van der Waals surface area contributed by atoms with Crippen molar-refractivity contribution in [2.75, 3.05) is 13.7 Å². The molecule has 0 bridgehead atoms. The van der Waals surface area contributed by atoms with E-state index in [-0.39, 0.29) is 12.5 Å². The highest BCUT2D eigenvalue weighted by atomic mass is 127. The van der Waals surface area contributed by atoms with Crippen molar-refractivity contribution >= 4 is 52.3 Å². The fourth-order valence-electron chi connectivity index (χ4n) is 1.74. The second-order valence-electron chi connectivity index (χ2n) is 4.76. The Morgan fingerprint density at radius 1 is 1.24 bits per heavy atom. The van der Waals surface area contributed by atoms with Gasteiger partial charge in [-0.05, 0) is 70.6 Å². The van der Waals surface area contributed by atoms with Crippen molar-refractivity contribution in [3.63, 3.8) is 0 Å². The molecule has 0 atom stereocenters. The molecule has 0 heterocycles. The molecule has 0 fully saturated rings. The lowest BCUT2D eigenvalue weighted by Gasteiger charge is -2.07. The second-order valence-corrected chi connectivity index (χ2v) is 6.36. The third-order valence-corrected chi connectivity index (χ3v) is 4.11. The van der Waals surface area contributed by atoms with Crippen LogP contribution in [0.15, 0.2) is 47.6 Å². The van der Waals surface area contributed by atoms with E-state index in [0.29, 0.717) is 16.3 Å². The molecule has 130 valence electrons. The van der Waals surface area contributed by atoms with Crippen LogP contribution in [-0.2, 0) is 9.53 Å². The lowest BCUT2D eigenvalue weighted by molar-refractivity contribution is -0.142. The number of esters is 1. The van der Waals surface area contributed by atoms with Crippen LogP contribution < -0.4 is 10.2 Å². The minimum absolute atomic E-state index is 0.156. The van der Waals surface area contributed by atoms with Gasteiger partial charge in [0.05, 0.1) is 16.9 Å². The third-order valence-electron chi connectivity index (χ3n) is 3.02. The number of hydrogen-bond donors (Lipinski definition) is 1. The van der Waals surface area contributed by atoms with Crippen molar-refractivity contribution in [2.45, 2.75) is 0 Å². The molecule has 2 rings (SSSR count). The van der Waals surface area contributed by atoms with Gasteiger partial charge >= 0.3 is 5.97 Å². The van der Waals surface area contributed by atoms with E-state index in [0.717, 1.165) is 9.13 Å². The number of nitrogens with one attached hydrogen (secondary N) is 1. The number of hydrazone groups is 1. The fraction of sp³-hybridized carbons (Fsp3) is 0.118. The van der Waals surface area contributed by atoms with Crippen LogP contribution in [0.25, 0.3) is 0 Å². The lowest BCUT2D eigenvalue weighted by Crippen LogP contribution is -2.17. The molecule has 1 amide bonds. The first-order chi connectivity index (χ1) is 12.0. The van der Waals surface area contributed by atoms with Crippen molar-refractivity contribution in [1.29, 1.82) is 0 Å². The normalized spacial score (nSPS) is 10.5. The van der Waals surface area contributed by atoms with E-state index in [4.69, 9.17) is 16.3 Å². The van der Waals surface area contributed by atoms with Gasteiger partial charge in [0.15, 0.2) is 6.61 Å². The SMILES string of the molecule is COC(=O)COc1ccc(/C=N\NC(=O)c2ccc(Cl)cc2)cc1I. The first-order valence-electron chi connectivity index (χ1n) is 7.07. The van der Waals surface area contributed by atoms with Gasteiger partial charge in [0.1, 0.15) is 5.75 Å². The van der Waals surface area contributed by atoms with Crippen LogP contribution in [-0.4, -0.2) is 31.8 Å². The van der Waals surface area contributed by atoms with E-state index in [1.54, 1.807) is 36.4 Å². The van der Waals surface area contributed by atoms with Gasteiger partial charge in [0.2, 0.25) is 0 Å². The van der Waals surface area contributed by atoms with Gasteiger partial charge < -0.3 is 9.47 Å². The summed E-state index contributed by atoms with van der Waals surface area (Å²) in [5, 5.41) is 4.48. The minimum Gasteiger partial charge on any atom is -0.481 e. The molecule has 0 aliphatic rings. The highest BCUT2D eigenvalue weighted by molar-refractivity contribution is 14.1. The molecular weight excluding hydrogens is 459 g/mol. The Morgan fingerprint density at radius 3 is 2.60 bits per heavy atom. The summed E-state index contributed by atoms with van der Waals surface area (Å²) in [6.45, 7) is -0.156. The summed E-state index contributed by atoms with van der Waals surface area (Å²) in [6.07, 6.45) is 1.51. The predicted molar refractivity (Wildman–Crippen MR) is 103 cm³/mol. The molecule has 2 aromatic rings. The standard InChI is InChI=1S/C17H14ClIN2O4/c1-24-16(22)10-25-15-7-2-11(8-14(15)19)9-20-21-17(23)12-3-5-13(18)6-4-12/h2-9H,10H2,1H3,(H,21,23)/b20-9-. The van der Waals surface area contributed by atoms with Crippen molar-refractivity contribution in [3.8, 4) is 5.75 Å². The monoisotopic (exact) mass is 472 g/mol. The zero-order valence-electron chi connectivity index (χ0n) is 13.2. The van der Waals surface area contributed by atoms with E-state index >= 15 is 0 Å². The number of methoxy groups -OCH3 is 1. The topological polar surface area (TPSA) is 77.0 Å². The Morgan fingerprint density at radius 2 is 1.96 bits per heavy atom. The van der Waals surface area contributed by atoms with E-state index in [1.165, 1.54) is 13.3 Å². The van der Waals surface area contributed by atoms with E-state index < -0.39 is 5.97 Å². The Bertz CT molecular complexity index is 794. The van der Waals surface area contributed by atoms with Gasteiger partial charge in [0.25, 0.3) is 5.91 Å². The maximum absolute atomic E-state index is 11.9. The number of amides is 1. The third kappa shape index (κ3) is 6.02. The quantitative estimate of drug-likeness (QED) is 0.303. The summed E-state index contributed by atoms with van der Waals surface area (Å²) in [7, 11) is 1.30. The molecule has 0 saturated heterocycles. The van der Waals surface area contributed by atoms with Crippen molar-refractivity contribution < 1.29 is 19.1 Å². The van der Waals surface area contributed by atoms with Gasteiger partial charge in [-0.25, -0.2) is 10.2 Å². The van der Waals surface area contributed by atoms with Crippen molar-refractivity contribution in [2.24, 2.45) is 5.10 Å². The van der Waals surface area contributed by atoms with Crippen LogP contribution in [0.5, 0.6) is 5.75 Å². The van der Waals surface area contributed by atoms with E-state index in [9.17, 15) is 9.59 Å². The van der Waals surface area contributed by atoms with Gasteiger partial charge in [-0.2, -0.15) is 5.10 Å². The van der Waals surface area contributed by atoms with Crippen LogP contribution in [0.1, 0.15) is 15.9 Å². The molecule has 0 radical (unpaired) electrons. The van der Waals surface area contributed by atoms with Crippen LogP contribution in [0.4, 0.5) is 0 Å². The average Bonchev–Trinajstić information content (AvgIpc) is 2.61. The fourth-order valence-corrected chi connectivity index (χ4v) is 2.56. The number of nitrogens with zero attached hydrogens (tertiary/aromatic N) is 1. The Labute approximate surface area is 163 Å². The number of hydrogen-bond acceptors (Lipinski definition) is 5. The molecule has 0 unspecified atom stereocenters. The summed E-state index contributed by atoms with van der Waals surface area (Å²) < 4.78 is 10.7. The van der Waals surface area contributed by atoms with Crippen LogP contribution in [0.3, 0.4) is 0 Å². The maximum atomic E-state index is 11.9. The molecule has 0 aliphatic carbocycles. The molecular formula is C17H14ClIN2O4. The smallest absolute Gasteiger partial charge is 0.343 e. The predicted octanol–water partition coefficient (Wildman–Crippen LogP) is 3.26. The summed E-state index contributed by atoms with van der Waals surface area (Å²) >= 11 is 7.86. The Balaban J connectivity index is 1.94. The molecule has 0 aliphatic heterocycles. The van der Waals surface area contributed by atoms with Gasteiger partial charge in [0, 0.05) is 10.6 Å². The highest BCUT2D eigenvalue weighted by Gasteiger charge is 2.06. The molecule has 6 nitrogen and oxygen atoms in total. The number of benzene rings is 2. The maximum Gasteiger partial charge on any atom is 0.343 e. The van der Waals surface area contributed by atoms with Crippen molar-refractivity contribution in [1.82, 2.24) is 5.43 Å². The number of halogens is 2. The summed E-state index contributed by atoms with van der Waals surface area (Å²) in [5.41, 5.74) is 3.67. The van der Waals surface area contributed by atoms with E-state index in [2.05, 4.69) is 37.9 Å². The molecule has 0 aromatic heterocycles. The first-order valence-corrected chi connectivity index (χ1v) is 8.53. The molecule has 0 saturated carbocycles. The van der Waals surface area contributed by atoms with Crippen LogP contribution in [0, 0.1) is 3.57 Å². The zero-order valence-corrected chi connectivity index (χ0v) is 16.1. The second kappa shape index (κ2) is 9.38. The number of carbonyl (C=O) groups is 2. The molecule has 0 spiro atoms. The number of carbonyl (C=O) groups excluding carboxylic acids is 2. The number of rotatable bonds is 6. The molecule has 25 heavy (non-hydrogen) atoms. The Hall–Kier alpha value is -2.13. The summed E-state index contributed by atoms with van der Waals surface area (Å²) in [5.74, 6) is -0.222. The highest BCUT2D eigenvalue weighted by Crippen LogP contribution is 2.21. The minimum atomic E-state index is -0.452. The summed E-state index contributed by atoms with van der Waals surface area (Å²) in [4.78, 5) is 23.0. The molecule has 2 aromatic carbocycles. The van der Waals surface area contributed by atoms with E-state index in [1.807, 2.05) is 6.07 Å². The zero-order chi connectivity index (χ0) is 18.2. The Kier molecular flexibility index (Phi) is 7.20. The molecule has 8 heteroatoms. The largest absolute Gasteiger partial charge is 0.481 e. The van der Waals surface area contributed by atoms with Crippen LogP contribution >= 0.6 is 34.2 Å². The van der Waals surface area contributed by atoms with Gasteiger partial charge in [-0.1, -0.05) is 11.6 Å². The lowest BCUT2D eigenvalue weighted by atomic mass is 10.2. The molecule has 1 N–H and O–H groups in total. The number of ether oxygens (including phenoxy) is 2. The first kappa shape index (κ1) is 19.2. The van der Waals surface area contributed by atoms with Gasteiger partial charge in [-0.3, -0.25) is 4.79 Å². The van der Waals surface area contributed by atoms with Crippen LogP contribution in [0.2, 0.25) is 5.02 Å².